The highest BCUT2D eigenvalue weighted by Crippen LogP contribution is 2.28. The Morgan fingerprint density at radius 1 is 1.15 bits per heavy atom. The van der Waals surface area contributed by atoms with Crippen molar-refractivity contribution in [1.82, 2.24) is 25.1 Å². The summed E-state index contributed by atoms with van der Waals surface area (Å²) < 4.78 is 26.3. The molecule has 0 unspecified atom stereocenters. The first-order valence-electron chi connectivity index (χ1n) is 11.4. The summed E-state index contributed by atoms with van der Waals surface area (Å²) in [4.78, 5) is 24.4. The first kappa shape index (κ1) is 24.5. The second-order valence-electron chi connectivity index (χ2n) is 8.60. The Morgan fingerprint density at radius 3 is 2.50 bits per heavy atom. The van der Waals surface area contributed by atoms with Gasteiger partial charge in [0.15, 0.2) is 20.6 Å². The molecule has 0 saturated carbocycles. The number of benzene rings is 1. The second kappa shape index (κ2) is 10.3. The van der Waals surface area contributed by atoms with Crippen LogP contribution in [0, 0.1) is 0 Å². The minimum absolute atomic E-state index is 0.131. The van der Waals surface area contributed by atoms with Crippen LogP contribution in [0.3, 0.4) is 0 Å². The first-order valence-corrected chi connectivity index (χ1v) is 14.2. The zero-order chi connectivity index (χ0) is 24.3. The lowest BCUT2D eigenvalue weighted by molar-refractivity contribution is -0.120. The van der Waals surface area contributed by atoms with Crippen LogP contribution in [0.25, 0.3) is 11.0 Å². The molecule has 0 aliphatic carbocycles. The quantitative estimate of drug-likeness (QED) is 0.351. The van der Waals surface area contributed by atoms with Gasteiger partial charge in [0.25, 0.3) is 0 Å². The number of sulfone groups is 1. The Bertz CT molecular complexity index is 1270. The second-order valence-corrected chi connectivity index (χ2v) is 11.9. The molecule has 9 nitrogen and oxygen atoms in total. The largest absolute Gasteiger partial charge is 0.356 e. The van der Waals surface area contributed by atoms with Gasteiger partial charge in [0, 0.05) is 19.6 Å². The van der Waals surface area contributed by atoms with Crippen LogP contribution in [-0.2, 0) is 27.6 Å². The Morgan fingerprint density at radius 2 is 1.85 bits per heavy atom. The van der Waals surface area contributed by atoms with Gasteiger partial charge in [-0.05, 0) is 50.6 Å². The van der Waals surface area contributed by atoms with Crippen molar-refractivity contribution >= 4 is 44.4 Å². The minimum atomic E-state index is -3.32. The molecular formula is C23H30N6O3S2. The molecule has 0 radical (unpaired) electrons. The number of fused-ring (bicyclic) bond motifs is 1. The number of amides is 1. The standard InChI is InChI=1S/C23H30N6O3S2/c1-16(2)34(31,32)18-8-6-17(7-9-18)14-20(30)24-10-13-29-22-19(15-25-29)21(26-23(27-22)33-3)28-11-4-5-12-28/h6-9,15-16H,4-5,10-14H2,1-3H3,(H,24,30). The van der Waals surface area contributed by atoms with Crippen LogP contribution < -0.4 is 10.2 Å². The van der Waals surface area contributed by atoms with E-state index in [-0.39, 0.29) is 17.2 Å². The molecule has 1 N–H and O–H groups in total. The zero-order valence-corrected chi connectivity index (χ0v) is 21.3. The molecule has 11 heteroatoms. The van der Waals surface area contributed by atoms with Gasteiger partial charge in [-0.1, -0.05) is 23.9 Å². The van der Waals surface area contributed by atoms with Crippen LogP contribution in [-0.4, -0.2) is 65.2 Å². The molecular weight excluding hydrogens is 472 g/mol. The number of nitrogens with zero attached hydrogens (tertiary/aromatic N) is 5. The summed E-state index contributed by atoms with van der Waals surface area (Å²) in [6.45, 7) is 6.19. The van der Waals surface area contributed by atoms with Crippen LogP contribution in [0.5, 0.6) is 0 Å². The van der Waals surface area contributed by atoms with Crippen LogP contribution in [0.1, 0.15) is 32.3 Å². The number of hydrogen-bond acceptors (Lipinski definition) is 8. The van der Waals surface area contributed by atoms with Gasteiger partial charge in [0.05, 0.1) is 34.7 Å². The molecule has 34 heavy (non-hydrogen) atoms. The summed E-state index contributed by atoms with van der Waals surface area (Å²) in [6, 6.07) is 6.51. The van der Waals surface area contributed by atoms with E-state index < -0.39 is 15.1 Å². The van der Waals surface area contributed by atoms with Crippen LogP contribution in [0.15, 0.2) is 40.5 Å². The summed E-state index contributed by atoms with van der Waals surface area (Å²) >= 11 is 1.51. The Labute approximate surface area is 204 Å². The van der Waals surface area contributed by atoms with Crippen molar-refractivity contribution in [2.45, 2.75) is 55.0 Å². The van der Waals surface area contributed by atoms with Gasteiger partial charge in [0.2, 0.25) is 5.91 Å². The minimum Gasteiger partial charge on any atom is -0.356 e. The van der Waals surface area contributed by atoms with Gasteiger partial charge in [-0.15, -0.1) is 0 Å². The van der Waals surface area contributed by atoms with Crippen molar-refractivity contribution in [2.24, 2.45) is 0 Å². The van der Waals surface area contributed by atoms with E-state index >= 15 is 0 Å². The maximum Gasteiger partial charge on any atom is 0.224 e. The molecule has 0 spiro atoms. The highest BCUT2D eigenvalue weighted by Gasteiger charge is 2.21. The lowest BCUT2D eigenvalue weighted by Gasteiger charge is -2.17. The Balaban J connectivity index is 1.38. The number of rotatable bonds is 9. The summed E-state index contributed by atoms with van der Waals surface area (Å²) in [5.41, 5.74) is 1.54. The van der Waals surface area contributed by atoms with Crippen molar-refractivity contribution in [1.29, 1.82) is 0 Å². The molecule has 1 amide bonds. The van der Waals surface area contributed by atoms with Gasteiger partial charge in [-0.2, -0.15) is 5.10 Å². The van der Waals surface area contributed by atoms with Crippen molar-refractivity contribution < 1.29 is 13.2 Å². The van der Waals surface area contributed by atoms with E-state index in [1.54, 1.807) is 38.1 Å². The summed E-state index contributed by atoms with van der Waals surface area (Å²) in [5.74, 6) is 0.804. The molecule has 3 heterocycles. The summed E-state index contributed by atoms with van der Waals surface area (Å²) in [7, 11) is -3.32. The van der Waals surface area contributed by atoms with Crippen LogP contribution in [0.4, 0.5) is 5.82 Å². The van der Waals surface area contributed by atoms with E-state index in [1.165, 1.54) is 11.8 Å². The smallest absolute Gasteiger partial charge is 0.224 e. The third kappa shape index (κ3) is 5.20. The van der Waals surface area contributed by atoms with E-state index in [9.17, 15) is 13.2 Å². The van der Waals surface area contributed by atoms with Crippen LogP contribution >= 0.6 is 11.8 Å². The number of carbonyl (C=O) groups is 1. The molecule has 1 aliphatic heterocycles. The molecule has 1 aromatic carbocycles. The monoisotopic (exact) mass is 502 g/mol. The third-order valence-corrected chi connectivity index (χ3v) is 8.64. The summed E-state index contributed by atoms with van der Waals surface area (Å²) in [5, 5.41) is 8.58. The average molecular weight is 503 g/mol. The molecule has 1 aliphatic rings. The Kier molecular flexibility index (Phi) is 7.42. The third-order valence-electron chi connectivity index (χ3n) is 5.93. The number of nitrogens with one attached hydrogen (secondary N) is 1. The zero-order valence-electron chi connectivity index (χ0n) is 19.7. The average Bonchev–Trinajstić information content (AvgIpc) is 3.49. The maximum atomic E-state index is 12.4. The molecule has 0 bridgehead atoms. The van der Waals surface area contributed by atoms with Crippen molar-refractivity contribution in [2.75, 3.05) is 30.8 Å². The van der Waals surface area contributed by atoms with Gasteiger partial charge >= 0.3 is 0 Å². The predicted octanol–water partition coefficient (Wildman–Crippen LogP) is 2.69. The first-order chi connectivity index (χ1) is 16.3. The molecule has 1 saturated heterocycles. The van der Waals surface area contributed by atoms with Crippen molar-refractivity contribution in [3.05, 3.63) is 36.0 Å². The van der Waals surface area contributed by atoms with Crippen LogP contribution in [0.2, 0.25) is 0 Å². The molecule has 3 aromatic rings. The molecule has 4 rings (SSSR count). The van der Waals surface area contributed by atoms with Gasteiger partial charge in [0.1, 0.15) is 5.82 Å². The number of anilines is 1. The SMILES string of the molecule is CSc1nc(N2CCCC2)c2cnn(CCNC(=O)Cc3ccc(S(=O)(=O)C(C)C)cc3)c2n1. The van der Waals surface area contributed by atoms with Crippen molar-refractivity contribution in [3.8, 4) is 0 Å². The van der Waals surface area contributed by atoms with E-state index in [4.69, 9.17) is 4.98 Å². The van der Waals surface area contributed by atoms with Gasteiger partial charge in [-0.25, -0.2) is 23.1 Å². The topological polar surface area (TPSA) is 110 Å². The van der Waals surface area contributed by atoms with E-state index in [1.807, 2.05) is 17.1 Å². The fourth-order valence-corrected chi connectivity index (χ4v) is 5.38. The fourth-order valence-electron chi connectivity index (χ4n) is 3.96. The number of carbonyl (C=O) groups excluding carboxylic acids is 1. The number of hydrogen-bond donors (Lipinski definition) is 1. The Hall–Kier alpha value is -2.66. The predicted molar refractivity (Wildman–Crippen MR) is 134 cm³/mol. The maximum absolute atomic E-state index is 12.4. The molecule has 0 atom stereocenters. The molecule has 182 valence electrons. The van der Waals surface area contributed by atoms with Gasteiger partial charge in [-0.3, -0.25) is 4.79 Å². The van der Waals surface area contributed by atoms with E-state index in [2.05, 4.69) is 20.3 Å². The lowest BCUT2D eigenvalue weighted by atomic mass is 10.1. The highest BCUT2D eigenvalue weighted by atomic mass is 32.2. The number of thioether (sulfide) groups is 1. The molecule has 2 aromatic heterocycles. The van der Waals surface area contributed by atoms with Gasteiger partial charge < -0.3 is 10.2 Å². The summed E-state index contributed by atoms with van der Waals surface area (Å²) in [6.07, 6.45) is 6.27. The van der Waals surface area contributed by atoms with Crippen molar-refractivity contribution in [3.63, 3.8) is 0 Å². The molecule has 1 fully saturated rings. The lowest BCUT2D eigenvalue weighted by Crippen LogP contribution is -2.29. The van der Waals surface area contributed by atoms with E-state index in [0.717, 1.165) is 48.3 Å². The van der Waals surface area contributed by atoms with E-state index in [0.29, 0.717) is 18.2 Å². The fraction of sp³-hybridized carbons (Fsp3) is 0.478. The highest BCUT2D eigenvalue weighted by molar-refractivity contribution is 7.98. The normalized spacial score (nSPS) is 14.3. The number of aromatic nitrogens is 4.